The van der Waals surface area contributed by atoms with Gasteiger partial charge >= 0.3 is 0 Å². The van der Waals surface area contributed by atoms with Crippen LogP contribution in [0.3, 0.4) is 0 Å². The molecule has 1 aliphatic carbocycles. The van der Waals surface area contributed by atoms with E-state index in [1.807, 2.05) is 30.2 Å². The summed E-state index contributed by atoms with van der Waals surface area (Å²) in [6.07, 6.45) is 7.86. The van der Waals surface area contributed by atoms with Gasteiger partial charge in [-0.25, -0.2) is 9.97 Å². The van der Waals surface area contributed by atoms with Crippen molar-refractivity contribution in [2.24, 2.45) is 0 Å². The van der Waals surface area contributed by atoms with Gasteiger partial charge in [0, 0.05) is 36.7 Å². The van der Waals surface area contributed by atoms with Crippen molar-refractivity contribution in [3.63, 3.8) is 0 Å². The third kappa shape index (κ3) is 3.38. The summed E-state index contributed by atoms with van der Waals surface area (Å²) in [4.78, 5) is 11.5. The number of alkyl halides is 1. The van der Waals surface area contributed by atoms with E-state index in [1.165, 1.54) is 11.1 Å². The van der Waals surface area contributed by atoms with Crippen molar-refractivity contribution in [2.75, 3.05) is 12.4 Å². The molecule has 0 saturated heterocycles. The molecule has 0 atom stereocenters. The number of nitrogens with one attached hydrogen (secondary N) is 1. The van der Waals surface area contributed by atoms with E-state index < -0.39 is 0 Å². The van der Waals surface area contributed by atoms with Gasteiger partial charge < -0.3 is 5.32 Å². The van der Waals surface area contributed by atoms with Crippen molar-refractivity contribution in [1.82, 2.24) is 24.6 Å². The van der Waals surface area contributed by atoms with Gasteiger partial charge in [-0.3, -0.25) is 9.58 Å². The molecule has 3 aromatic rings. The van der Waals surface area contributed by atoms with Gasteiger partial charge in [-0.15, -0.1) is 11.6 Å². The van der Waals surface area contributed by atoms with Crippen LogP contribution in [0.4, 0.5) is 11.6 Å². The van der Waals surface area contributed by atoms with Gasteiger partial charge in [-0.05, 0) is 49.6 Å². The molecule has 144 valence electrons. The minimum atomic E-state index is -0.0996. The molecule has 1 N–H and O–H groups in total. The normalized spacial score (nSPS) is 17.5. The van der Waals surface area contributed by atoms with Gasteiger partial charge in [0.05, 0.1) is 23.3 Å². The molecule has 1 saturated carbocycles. The van der Waals surface area contributed by atoms with Gasteiger partial charge in [0.25, 0.3) is 0 Å². The number of aromatic nitrogens is 4. The minimum absolute atomic E-state index is 0.0996. The number of benzene rings is 1. The van der Waals surface area contributed by atoms with Crippen LogP contribution >= 0.6 is 11.6 Å². The molecule has 0 spiro atoms. The van der Waals surface area contributed by atoms with E-state index in [0.29, 0.717) is 5.95 Å². The number of hydrogen-bond donors (Lipinski definition) is 1. The standard InChI is InChI=1S/C21H23ClN6/c1-14-8-23-20(25-18-5-3-4-15-10-27(2)12-17(15)18)26-19(14)16-9-24-28(11-16)13-21(22)6-7-21/h3-5,8-9,11H,6-7,10,12-13H2,1-2H3,(H,23,25,26). The lowest BCUT2D eigenvalue weighted by atomic mass is 10.1. The molecule has 28 heavy (non-hydrogen) atoms. The van der Waals surface area contributed by atoms with Gasteiger partial charge in [-0.1, -0.05) is 12.1 Å². The van der Waals surface area contributed by atoms with E-state index >= 15 is 0 Å². The van der Waals surface area contributed by atoms with Gasteiger partial charge in [0.15, 0.2) is 0 Å². The van der Waals surface area contributed by atoms with E-state index in [0.717, 1.165) is 55.0 Å². The summed E-state index contributed by atoms with van der Waals surface area (Å²) in [6, 6.07) is 6.36. The summed E-state index contributed by atoms with van der Waals surface area (Å²) in [5.74, 6) is 0.604. The molecule has 5 rings (SSSR count). The van der Waals surface area contributed by atoms with Gasteiger partial charge in [0.2, 0.25) is 5.95 Å². The Hall–Kier alpha value is -2.44. The minimum Gasteiger partial charge on any atom is -0.324 e. The molecular formula is C21H23ClN6. The fourth-order valence-corrected chi connectivity index (χ4v) is 3.99. The van der Waals surface area contributed by atoms with E-state index in [9.17, 15) is 0 Å². The van der Waals surface area contributed by atoms with Crippen LogP contribution in [0.25, 0.3) is 11.3 Å². The SMILES string of the molecule is Cc1cnc(Nc2cccc3c2CN(C)C3)nc1-c1cnn(CC2(Cl)CC2)c1. The number of anilines is 2. The van der Waals surface area contributed by atoms with Gasteiger partial charge in [-0.2, -0.15) is 5.10 Å². The Morgan fingerprint density at radius 3 is 2.89 bits per heavy atom. The second kappa shape index (κ2) is 6.57. The van der Waals surface area contributed by atoms with Crippen molar-refractivity contribution in [3.8, 4) is 11.3 Å². The third-order valence-corrected chi connectivity index (χ3v) is 6.00. The Bertz CT molecular complexity index is 1040. The highest BCUT2D eigenvalue weighted by Crippen LogP contribution is 2.43. The average molecular weight is 395 g/mol. The maximum absolute atomic E-state index is 6.44. The summed E-state index contributed by atoms with van der Waals surface area (Å²) in [5.41, 5.74) is 6.66. The summed E-state index contributed by atoms with van der Waals surface area (Å²) >= 11 is 6.44. The van der Waals surface area contributed by atoms with E-state index in [4.69, 9.17) is 16.6 Å². The smallest absolute Gasteiger partial charge is 0.227 e. The molecular weight excluding hydrogens is 372 g/mol. The fraction of sp³-hybridized carbons (Fsp3) is 0.381. The Kier molecular flexibility index (Phi) is 4.14. The molecule has 0 bridgehead atoms. The molecule has 6 nitrogen and oxygen atoms in total. The molecule has 2 aliphatic rings. The highest BCUT2D eigenvalue weighted by Gasteiger charge is 2.41. The fourth-order valence-electron chi connectivity index (χ4n) is 3.77. The van der Waals surface area contributed by atoms with Crippen LogP contribution in [-0.4, -0.2) is 36.6 Å². The molecule has 0 unspecified atom stereocenters. The Balaban J connectivity index is 1.42. The zero-order valence-electron chi connectivity index (χ0n) is 16.1. The van der Waals surface area contributed by atoms with E-state index in [1.54, 1.807) is 0 Å². The molecule has 0 radical (unpaired) electrons. The van der Waals surface area contributed by atoms with Crippen LogP contribution in [0, 0.1) is 6.92 Å². The van der Waals surface area contributed by atoms with Crippen molar-refractivity contribution >= 4 is 23.2 Å². The molecule has 1 fully saturated rings. The Labute approximate surface area is 169 Å². The van der Waals surface area contributed by atoms with Crippen LogP contribution < -0.4 is 5.32 Å². The highest BCUT2D eigenvalue weighted by atomic mass is 35.5. The third-order valence-electron chi connectivity index (χ3n) is 5.50. The first-order valence-corrected chi connectivity index (χ1v) is 9.99. The first kappa shape index (κ1) is 17.6. The molecule has 2 aromatic heterocycles. The zero-order valence-corrected chi connectivity index (χ0v) is 16.9. The second-order valence-corrected chi connectivity index (χ2v) is 8.85. The van der Waals surface area contributed by atoms with Crippen LogP contribution in [0.1, 0.15) is 29.5 Å². The van der Waals surface area contributed by atoms with Crippen molar-refractivity contribution in [3.05, 3.63) is 53.5 Å². The van der Waals surface area contributed by atoms with Crippen molar-refractivity contribution in [2.45, 2.75) is 44.3 Å². The predicted molar refractivity (Wildman–Crippen MR) is 111 cm³/mol. The van der Waals surface area contributed by atoms with Crippen LogP contribution in [0.5, 0.6) is 0 Å². The van der Waals surface area contributed by atoms with Crippen LogP contribution in [-0.2, 0) is 19.6 Å². The molecule has 1 aliphatic heterocycles. The summed E-state index contributed by atoms with van der Waals surface area (Å²) in [6.45, 7) is 4.68. The predicted octanol–water partition coefficient (Wildman–Crippen LogP) is 4.11. The average Bonchev–Trinajstić information content (AvgIpc) is 3.04. The van der Waals surface area contributed by atoms with E-state index in [2.05, 4.69) is 45.5 Å². The highest BCUT2D eigenvalue weighted by molar-refractivity contribution is 6.25. The summed E-state index contributed by atoms with van der Waals surface area (Å²) in [7, 11) is 2.13. The van der Waals surface area contributed by atoms with Crippen LogP contribution in [0.2, 0.25) is 0 Å². The lowest BCUT2D eigenvalue weighted by Gasteiger charge is -2.11. The second-order valence-electron chi connectivity index (χ2n) is 8.04. The summed E-state index contributed by atoms with van der Waals surface area (Å²) in [5, 5.41) is 7.89. The Morgan fingerprint density at radius 1 is 1.21 bits per heavy atom. The zero-order chi connectivity index (χ0) is 19.3. The maximum Gasteiger partial charge on any atom is 0.227 e. The molecule has 0 amide bonds. The first-order chi connectivity index (χ1) is 13.5. The summed E-state index contributed by atoms with van der Waals surface area (Å²) < 4.78 is 1.92. The van der Waals surface area contributed by atoms with Crippen molar-refractivity contribution < 1.29 is 0 Å². The van der Waals surface area contributed by atoms with Crippen LogP contribution in [0.15, 0.2) is 36.8 Å². The monoisotopic (exact) mass is 394 g/mol. The number of nitrogens with zero attached hydrogens (tertiary/aromatic N) is 5. The number of aryl methyl sites for hydroxylation is 1. The maximum atomic E-state index is 6.44. The first-order valence-electron chi connectivity index (χ1n) is 9.61. The number of rotatable bonds is 5. The molecule has 7 heteroatoms. The molecule has 3 heterocycles. The largest absolute Gasteiger partial charge is 0.324 e. The Morgan fingerprint density at radius 2 is 2.07 bits per heavy atom. The lowest BCUT2D eigenvalue weighted by Crippen LogP contribution is -2.11. The lowest BCUT2D eigenvalue weighted by molar-refractivity contribution is 0.353. The topological polar surface area (TPSA) is 58.9 Å². The van der Waals surface area contributed by atoms with Gasteiger partial charge in [0.1, 0.15) is 0 Å². The quantitative estimate of drug-likeness (QED) is 0.660. The number of fused-ring (bicyclic) bond motifs is 1. The number of hydrogen-bond acceptors (Lipinski definition) is 5. The molecule has 1 aromatic carbocycles. The number of halogens is 1. The van der Waals surface area contributed by atoms with Crippen molar-refractivity contribution in [1.29, 1.82) is 0 Å². The van der Waals surface area contributed by atoms with E-state index in [-0.39, 0.29) is 4.87 Å².